The first-order valence-electron chi connectivity index (χ1n) is 9.99. The Balaban J connectivity index is 1.92. The molecule has 1 unspecified atom stereocenters. The SMILES string of the molecule is Cc1ccc(C)c(C(C)NC(=O)CN(c2ccc(F)c(Cl)c2)S(=O)(=O)c2ccccc2)c1. The van der Waals surface area contributed by atoms with Crippen molar-refractivity contribution >= 4 is 33.2 Å². The predicted octanol–water partition coefficient (Wildman–Crippen LogP) is 5.17. The molecule has 0 fully saturated rings. The average Bonchev–Trinajstić information content (AvgIpc) is 2.76. The molecule has 0 aliphatic rings. The standard InChI is InChI=1S/C24H24ClFN2O3S/c1-16-9-10-17(2)21(13-16)18(3)27-24(29)15-28(19-11-12-23(26)22(25)14-19)32(30,31)20-7-5-4-6-8-20/h4-14,18H,15H2,1-3H3,(H,27,29). The number of anilines is 1. The number of amides is 1. The van der Waals surface area contributed by atoms with Gasteiger partial charge in [-0.3, -0.25) is 9.10 Å². The number of halogens is 2. The number of hydrogen-bond acceptors (Lipinski definition) is 3. The predicted molar refractivity (Wildman–Crippen MR) is 125 cm³/mol. The zero-order valence-electron chi connectivity index (χ0n) is 18.0. The molecule has 0 spiro atoms. The zero-order chi connectivity index (χ0) is 23.5. The fourth-order valence-corrected chi connectivity index (χ4v) is 5.01. The van der Waals surface area contributed by atoms with Crippen LogP contribution in [0.25, 0.3) is 0 Å². The van der Waals surface area contributed by atoms with Crippen LogP contribution in [-0.2, 0) is 14.8 Å². The van der Waals surface area contributed by atoms with Gasteiger partial charge in [-0.15, -0.1) is 0 Å². The first kappa shape index (κ1) is 23.8. The summed E-state index contributed by atoms with van der Waals surface area (Å²) in [5, 5.41) is 2.63. The minimum absolute atomic E-state index is 0.0100. The van der Waals surface area contributed by atoms with E-state index in [1.807, 2.05) is 39.0 Å². The van der Waals surface area contributed by atoms with Crippen molar-refractivity contribution < 1.29 is 17.6 Å². The lowest BCUT2D eigenvalue weighted by atomic mass is 10.00. The van der Waals surface area contributed by atoms with Crippen molar-refractivity contribution in [3.05, 3.63) is 94.3 Å². The molecule has 3 aromatic rings. The summed E-state index contributed by atoms with van der Waals surface area (Å²) in [5.41, 5.74) is 3.11. The van der Waals surface area contributed by atoms with Gasteiger partial charge in [0.1, 0.15) is 12.4 Å². The van der Waals surface area contributed by atoms with E-state index in [0.717, 1.165) is 27.1 Å². The van der Waals surface area contributed by atoms with Gasteiger partial charge < -0.3 is 5.32 Å². The first-order valence-corrected chi connectivity index (χ1v) is 11.8. The Labute approximate surface area is 192 Å². The molecule has 0 heterocycles. The van der Waals surface area contributed by atoms with E-state index >= 15 is 0 Å². The molecule has 0 aliphatic heterocycles. The topological polar surface area (TPSA) is 66.5 Å². The Hall–Kier alpha value is -2.90. The summed E-state index contributed by atoms with van der Waals surface area (Å²) in [7, 11) is -4.10. The maximum atomic E-state index is 13.7. The second kappa shape index (κ2) is 9.71. The minimum atomic E-state index is -4.10. The molecule has 3 aromatic carbocycles. The van der Waals surface area contributed by atoms with Crippen LogP contribution in [0.1, 0.15) is 29.7 Å². The summed E-state index contributed by atoms with van der Waals surface area (Å²) in [6.07, 6.45) is 0. The number of rotatable bonds is 7. The second-order valence-corrected chi connectivity index (χ2v) is 9.84. The lowest BCUT2D eigenvalue weighted by Gasteiger charge is -2.25. The lowest BCUT2D eigenvalue weighted by Crippen LogP contribution is -2.41. The Bertz CT molecular complexity index is 1230. The maximum absolute atomic E-state index is 13.7. The third-order valence-corrected chi connectivity index (χ3v) is 7.17. The Morgan fingerprint density at radius 3 is 2.41 bits per heavy atom. The summed E-state index contributed by atoms with van der Waals surface area (Å²) in [6.45, 7) is 5.26. The number of nitrogens with one attached hydrogen (secondary N) is 1. The van der Waals surface area contributed by atoms with E-state index in [9.17, 15) is 17.6 Å². The molecule has 1 N–H and O–H groups in total. The summed E-state index contributed by atoms with van der Waals surface area (Å²) < 4.78 is 41.3. The monoisotopic (exact) mass is 474 g/mol. The molecule has 0 saturated carbocycles. The van der Waals surface area contributed by atoms with Gasteiger partial charge in [0, 0.05) is 0 Å². The van der Waals surface area contributed by atoms with Crippen molar-refractivity contribution in [3.8, 4) is 0 Å². The van der Waals surface area contributed by atoms with Crippen molar-refractivity contribution in [2.24, 2.45) is 0 Å². The Morgan fingerprint density at radius 1 is 1.06 bits per heavy atom. The van der Waals surface area contributed by atoms with Gasteiger partial charge in [-0.05, 0) is 62.2 Å². The highest BCUT2D eigenvalue weighted by Gasteiger charge is 2.28. The van der Waals surface area contributed by atoms with E-state index in [4.69, 9.17) is 11.6 Å². The molecule has 5 nitrogen and oxygen atoms in total. The van der Waals surface area contributed by atoms with Gasteiger partial charge in [-0.1, -0.05) is 53.6 Å². The van der Waals surface area contributed by atoms with Crippen LogP contribution in [0.4, 0.5) is 10.1 Å². The van der Waals surface area contributed by atoms with Gasteiger partial charge in [-0.25, -0.2) is 12.8 Å². The Kier molecular flexibility index (Phi) is 7.21. The van der Waals surface area contributed by atoms with Crippen LogP contribution in [0.15, 0.2) is 71.6 Å². The highest BCUT2D eigenvalue weighted by Crippen LogP contribution is 2.28. The number of nitrogens with zero attached hydrogens (tertiary/aromatic N) is 1. The van der Waals surface area contributed by atoms with Crippen LogP contribution < -0.4 is 9.62 Å². The fraction of sp³-hybridized carbons (Fsp3) is 0.208. The molecule has 0 bridgehead atoms. The van der Waals surface area contributed by atoms with Gasteiger partial charge in [0.05, 0.1) is 21.6 Å². The quantitative estimate of drug-likeness (QED) is 0.513. The Morgan fingerprint density at radius 2 is 1.75 bits per heavy atom. The molecule has 1 atom stereocenters. The smallest absolute Gasteiger partial charge is 0.264 e. The number of aryl methyl sites for hydroxylation is 2. The van der Waals surface area contributed by atoms with Gasteiger partial charge >= 0.3 is 0 Å². The van der Waals surface area contributed by atoms with E-state index in [1.165, 1.54) is 24.3 Å². The number of carbonyl (C=O) groups is 1. The molecular formula is C24H24ClFN2O3S. The third-order valence-electron chi connectivity index (χ3n) is 5.09. The van der Waals surface area contributed by atoms with Crippen molar-refractivity contribution in [2.45, 2.75) is 31.7 Å². The molecule has 3 rings (SSSR count). The molecule has 8 heteroatoms. The highest BCUT2D eigenvalue weighted by molar-refractivity contribution is 7.92. The van der Waals surface area contributed by atoms with Crippen molar-refractivity contribution in [2.75, 3.05) is 10.8 Å². The minimum Gasteiger partial charge on any atom is -0.348 e. The molecule has 0 saturated heterocycles. The maximum Gasteiger partial charge on any atom is 0.264 e. The van der Waals surface area contributed by atoms with Gasteiger partial charge in [0.25, 0.3) is 10.0 Å². The van der Waals surface area contributed by atoms with E-state index < -0.39 is 28.3 Å². The molecule has 168 valence electrons. The van der Waals surface area contributed by atoms with Crippen LogP contribution >= 0.6 is 11.6 Å². The van der Waals surface area contributed by atoms with Crippen LogP contribution in [0, 0.1) is 19.7 Å². The van der Waals surface area contributed by atoms with Crippen molar-refractivity contribution in [1.82, 2.24) is 5.32 Å². The fourth-order valence-electron chi connectivity index (χ4n) is 3.40. The van der Waals surface area contributed by atoms with Crippen LogP contribution in [0.3, 0.4) is 0 Å². The second-order valence-electron chi connectivity index (χ2n) is 7.57. The van der Waals surface area contributed by atoms with E-state index in [1.54, 1.807) is 18.2 Å². The summed E-state index contributed by atoms with van der Waals surface area (Å²) in [4.78, 5) is 12.9. The number of benzene rings is 3. The molecule has 0 aromatic heterocycles. The highest BCUT2D eigenvalue weighted by atomic mass is 35.5. The molecule has 32 heavy (non-hydrogen) atoms. The van der Waals surface area contributed by atoms with Crippen molar-refractivity contribution in [3.63, 3.8) is 0 Å². The van der Waals surface area contributed by atoms with Crippen LogP contribution in [-0.4, -0.2) is 20.9 Å². The van der Waals surface area contributed by atoms with E-state index in [2.05, 4.69) is 5.32 Å². The van der Waals surface area contributed by atoms with Gasteiger partial charge in [0.2, 0.25) is 5.91 Å². The molecule has 0 aliphatic carbocycles. The van der Waals surface area contributed by atoms with Gasteiger partial charge in [-0.2, -0.15) is 0 Å². The molecule has 1 amide bonds. The van der Waals surface area contributed by atoms with Crippen LogP contribution in [0.2, 0.25) is 5.02 Å². The largest absolute Gasteiger partial charge is 0.348 e. The zero-order valence-corrected chi connectivity index (χ0v) is 19.5. The van der Waals surface area contributed by atoms with Crippen LogP contribution in [0.5, 0.6) is 0 Å². The normalized spacial score (nSPS) is 12.3. The molecular weight excluding hydrogens is 451 g/mol. The van der Waals surface area contributed by atoms with Crippen molar-refractivity contribution in [1.29, 1.82) is 0 Å². The summed E-state index contributed by atoms with van der Waals surface area (Å²) >= 11 is 5.89. The number of hydrogen-bond donors (Lipinski definition) is 1. The number of sulfonamides is 1. The summed E-state index contributed by atoms with van der Waals surface area (Å²) in [5.74, 6) is -1.18. The van der Waals surface area contributed by atoms with Gasteiger partial charge in [0.15, 0.2) is 0 Å². The average molecular weight is 475 g/mol. The molecule has 0 radical (unpaired) electrons. The lowest BCUT2D eigenvalue weighted by molar-refractivity contribution is -0.120. The number of carbonyl (C=O) groups excluding carboxylic acids is 1. The van der Waals surface area contributed by atoms with E-state index in [-0.39, 0.29) is 21.6 Å². The summed E-state index contributed by atoms with van der Waals surface area (Å²) in [6, 6.07) is 16.9. The third kappa shape index (κ3) is 5.29. The first-order chi connectivity index (χ1) is 15.1. The van der Waals surface area contributed by atoms with E-state index in [0.29, 0.717) is 0 Å².